The van der Waals surface area contributed by atoms with E-state index in [-0.39, 0.29) is 12.1 Å². The van der Waals surface area contributed by atoms with E-state index in [1.54, 1.807) is 7.11 Å². The molecule has 1 atom stereocenters. The second-order valence-corrected chi connectivity index (χ2v) is 5.81. The molecule has 1 fully saturated rings. The Morgan fingerprint density at radius 3 is 2.25 bits per heavy atom. The van der Waals surface area contributed by atoms with Crippen LogP contribution in [-0.4, -0.2) is 63.4 Å². The van der Waals surface area contributed by atoms with E-state index >= 15 is 0 Å². The molecule has 0 radical (unpaired) electrons. The van der Waals surface area contributed by atoms with Gasteiger partial charge in [-0.25, -0.2) is 0 Å². The smallest absolute Gasteiger partial charge is 0.0700 e. The third-order valence-electron chi connectivity index (χ3n) is 3.51. The molecule has 0 amide bonds. The molecular weight excluding hydrogens is 258 g/mol. The molecule has 2 N–H and O–H groups in total. The number of aliphatic hydroxyl groups excluding tert-OH is 1. The van der Waals surface area contributed by atoms with Crippen LogP contribution < -0.4 is 5.32 Å². The molecule has 1 rings (SSSR count). The van der Waals surface area contributed by atoms with E-state index in [1.165, 1.54) is 12.8 Å². The Morgan fingerprint density at radius 1 is 1.05 bits per heavy atom. The van der Waals surface area contributed by atoms with Gasteiger partial charge in [0.05, 0.1) is 19.8 Å². The van der Waals surface area contributed by atoms with Crippen LogP contribution in [0.4, 0.5) is 0 Å². The summed E-state index contributed by atoms with van der Waals surface area (Å²) in [6.07, 6.45) is 5.31. The summed E-state index contributed by atoms with van der Waals surface area (Å²) >= 11 is 0. The monoisotopic (exact) mass is 289 g/mol. The Kier molecular flexibility index (Phi) is 9.39. The Balaban J connectivity index is 1.87. The lowest BCUT2D eigenvalue weighted by Gasteiger charge is -2.29. The summed E-state index contributed by atoms with van der Waals surface area (Å²) in [6, 6.07) is 0.619. The summed E-state index contributed by atoms with van der Waals surface area (Å²) in [5.74, 6) is 0. The number of hydrogen-bond acceptors (Lipinski definition) is 5. The van der Waals surface area contributed by atoms with E-state index in [0.29, 0.717) is 19.3 Å². The van der Waals surface area contributed by atoms with Gasteiger partial charge in [0.25, 0.3) is 0 Å². The van der Waals surface area contributed by atoms with Crippen molar-refractivity contribution in [3.8, 4) is 0 Å². The molecule has 1 unspecified atom stereocenters. The minimum atomic E-state index is -0.152. The van der Waals surface area contributed by atoms with Crippen molar-refractivity contribution < 1.29 is 19.3 Å². The average Bonchev–Trinajstić information content (AvgIpc) is 3.25. The molecule has 5 heteroatoms. The molecule has 1 aliphatic carbocycles. The first-order valence-electron chi connectivity index (χ1n) is 7.73. The molecule has 0 saturated heterocycles. The Morgan fingerprint density at radius 2 is 1.70 bits per heavy atom. The van der Waals surface area contributed by atoms with Gasteiger partial charge in [0.1, 0.15) is 0 Å². The van der Waals surface area contributed by atoms with Crippen LogP contribution >= 0.6 is 0 Å². The third-order valence-corrected chi connectivity index (χ3v) is 3.51. The van der Waals surface area contributed by atoms with Gasteiger partial charge in [-0.3, -0.25) is 0 Å². The van der Waals surface area contributed by atoms with Crippen molar-refractivity contribution in [1.82, 2.24) is 5.32 Å². The van der Waals surface area contributed by atoms with Crippen LogP contribution in [-0.2, 0) is 14.2 Å². The summed E-state index contributed by atoms with van der Waals surface area (Å²) in [6.45, 7) is 5.75. The number of nitrogens with one attached hydrogen (secondary N) is 1. The molecule has 0 aromatic rings. The molecule has 0 heterocycles. The molecule has 20 heavy (non-hydrogen) atoms. The second-order valence-electron chi connectivity index (χ2n) is 5.81. The maximum atomic E-state index is 9.47. The number of methoxy groups -OCH3 is 1. The highest BCUT2D eigenvalue weighted by molar-refractivity contribution is 4.92. The van der Waals surface area contributed by atoms with Crippen LogP contribution in [0.1, 0.15) is 39.0 Å². The van der Waals surface area contributed by atoms with E-state index in [0.717, 1.165) is 39.1 Å². The highest BCUT2D eigenvalue weighted by atomic mass is 16.5. The minimum Gasteiger partial charge on any atom is -0.394 e. The molecule has 0 aliphatic heterocycles. The van der Waals surface area contributed by atoms with Crippen molar-refractivity contribution in [3.63, 3.8) is 0 Å². The summed E-state index contributed by atoms with van der Waals surface area (Å²) in [4.78, 5) is 0. The third kappa shape index (κ3) is 8.87. The fourth-order valence-corrected chi connectivity index (χ4v) is 2.11. The first kappa shape index (κ1) is 17.9. The zero-order valence-electron chi connectivity index (χ0n) is 13.0. The summed E-state index contributed by atoms with van der Waals surface area (Å²) < 4.78 is 15.9. The van der Waals surface area contributed by atoms with Crippen LogP contribution in [0.3, 0.4) is 0 Å². The van der Waals surface area contributed by atoms with Crippen LogP contribution in [0.25, 0.3) is 0 Å². The van der Waals surface area contributed by atoms with E-state index in [9.17, 15) is 5.11 Å². The van der Waals surface area contributed by atoms with Gasteiger partial charge in [0.2, 0.25) is 0 Å². The quantitative estimate of drug-likeness (QED) is 0.473. The van der Waals surface area contributed by atoms with E-state index in [2.05, 4.69) is 12.2 Å². The van der Waals surface area contributed by atoms with Crippen molar-refractivity contribution in [2.45, 2.75) is 50.6 Å². The predicted molar refractivity (Wildman–Crippen MR) is 79.0 cm³/mol. The fourth-order valence-electron chi connectivity index (χ4n) is 2.11. The largest absolute Gasteiger partial charge is 0.394 e. The topological polar surface area (TPSA) is 60.0 Å². The van der Waals surface area contributed by atoms with Crippen molar-refractivity contribution >= 4 is 0 Å². The zero-order valence-corrected chi connectivity index (χ0v) is 13.0. The first-order chi connectivity index (χ1) is 9.70. The summed E-state index contributed by atoms with van der Waals surface area (Å²) in [7, 11) is 1.70. The van der Waals surface area contributed by atoms with Crippen molar-refractivity contribution in [2.24, 2.45) is 0 Å². The molecule has 0 spiro atoms. The number of rotatable bonds is 14. The standard InChI is InChI=1S/C15H31NO4/c1-15(13-17,16-14-5-6-14)7-3-9-19-11-12-20-10-4-8-18-2/h14,16-17H,3-13H2,1-2H3. The number of hydrogen-bond donors (Lipinski definition) is 2. The molecule has 120 valence electrons. The highest BCUT2D eigenvalue weighted by Gasteiger charge is 2.31. The van der Waals surface area contributed by atoms with Gasteiger partial charge in [0, 0.05) is 38.5 Å². The van der Waals surface area contributed by atoms with Crippen molar-refractivity contribution in [1.29, 1.82) is 0 Å². The predicted octanol–water partition coefficient (Wildman–Crippen LogP) is 1.34. The van der Waals surface area contributed by atoms with Gasteiger partial charge < -0.3 is 24.6 Å². The Hall–Kier alpha value is -0.200. The molecule has 0 aromatic carbocycles. The lowest BCUT2D eigenvalue weighted by molar-refractivity contribution is 0.0358. The van der Waals surface area contributed by atoms with Crippen LogP contribution in [0.15, 0.2) is 0 Å². The molecular formula is C15H31NO4. The first-order valence-corrected chi connectivity index (χ1v) is 7.73. The molecule has 0 aromatic heterocycles. The van der Waals surface area contributed by atoms with Crippen LogP contribution in [0.5, 0.6) is 0 Å². The molecule has 0 bridgehead atoms. The number of ether oxygens (including phenoxy) is 3. The molecule has 1 saturated carbocycles. The van der Waals surface area contributed by atoms with Crippen LogP contribution in [0, 0.1) is 0 Å². The SMILES string of the molecule is COCCCOCCOCCCC(C)(CO)NC1CC1. The van der Waals surface area contributed by atoms with E-state index in [1.807, 2.05) is 0 Å². The normalized spacial score (nSPS) is 18.1. The van der Waals surface area contributed by atoms with Gasteiger partial charge in [0.15, 0.2) is 0 Å². The molecule has 1 aliphatic rings. The fraction of sp³-hybridized carbons (Fsp3) is 1.00. The van der Waals surface area contributed by atoms with Gasteiger partial charge in [-0.05, 0) is 39.0 Å². The minimum absolute atomic E-state index is 0.152. The Bertz CT molecular complexity index is 236. The summed E-state index contributed by atoms with van der Waals surface area (Å²) in [5, 5.41) is 13.0. The number of aliphatic hydroxyl groups is 1. The van der Waals surface area contributed by atoms with Gasteiger partial charge in [-0.2, -0.15) is 0 Å². The van der Waals surface area contributed by atoms with Crippen molar-refractivity contribution in [3.05, 3.63) is 0 Å². The van der Waals surface area contributed by atoms with Crippen LogP contribution in [0.2, 0.25) is 0 Å². The Labute approximate surface area is 123 Å². The lowest BCUT2D eigenvalue weighted by Crippen LogP contribution is -2.47. The maximum Gasteiger partial charge on any atom is 0.0700 e. The van der Waals surface area contributed by atoms with Gasteiger partial charge >= 0.3 is 0 Å². The van der Waals surface area contributed by atoms with Gasteiger partial charge in [-0.15, -0.1) is 0 Å². The lowest BCUT2D eigenvalue weighted by atomic mass is 9.97. The summed E-state index contributed by atoms with van der Waals surface area (Å²) in [5.41, 5.74) is -0.152. The van der Waals surface area contributed by atoms with Crippen molar-refractivity contribution in [2.75, 3.05) is 46.8 Å². The van der Waals surface area contributed by atoms with E-state index in [4.69, 9.17) is 14.2 Å². The average molecular weight is 289 g/mol. The van der Waals surface area contributed by atoms with E-state index < -0.39 is 0 Å². The zero-order chi connectivity index (χ0) is 14.7. The molecule has 5 nitrogen and oxygen atoms in total. The second kappa shape index (κ2) is 10.5. The van der Waals surface area contributed by atoms with Gasteiger partial charge in [-0.1, -0.05) is 0 Å². The highest BCUT2D eigenvalue weighted by Crippen LogP contribution is 2.24. The maximum absolute atomic E-state index is 9.47.